The molecule has 1 aromatic carbocycles. The third-order valence-corrected chi connectivity index (χ3v) is 3.13. The number of nitrogens with zero attached hydrogens (tertiary/aromatic N) is 1. The van der Waals surface area contributed by atoms with Crippen molar-refractivity contribution in [2.75, 3.05) is 0 Å². The van der Waals surface area contributed by atoms with E-state index in [4.69, 9.17) is 4.74 Å². The van der Waals surface area contributed by atoms with Crippen molar-refractivity contribution in [1.82, 2.24) is 4.98 Å². The Labute approximate surface area is 110 Å². The van der Waals surface area contributed by atoms with Gasteiger partial charge in [-0.25, -0.2) is 4.98 Å². The molecule has 0 aliphatic carbocycles. The maximum atomic E-state index is 5.69. The number of benzene rings is 1. The molecule has 0 saturated carbocycles. The Morgan fingerprint density at radius 1 is 1.18 bits per heavy atom. The first-order valence-corrected chi connectivity index (χ1v) is 6.71. The van der Waals surface area contributed by atoms with Crippen LogP contribution in [-0.4, -0.2) is 4.98 Å². The minimum Gasteiger partial charge on any atom is -0.439 e. The van der Waals surface area contributed by atoms with Crippen molar-refractivity contribution in [1.29, 1.82) is 0 Å². The first kappa shape index (κ1) is 12.1. The summed E-state index contributed by atoms with van der Waals surface area (Å²) in [6.07, 6.45) is 2.82. The molecule has 3 heteroatoms. The van der Waals surface area contributed by atoms with Crippen LogP contribution in [0.4, 0.5) is 0 Å². The van der Waals surface area contributed by atoms with E-state index in [1.54, 1.807) is 0 Å². The topological polar surface area (TPSA) is 22.1 Å². The Kier molecular flexibility index (Phi) is 4.15. The summed E-state index contributed by atoms with van der Waals surface area (Å²) in [5.74, 6) is 1.46. The molecule has 2 rings (SSSR count). The van der Waals surface area contributed by atoms with Crippen molar-refractivity contribution in [2.45, 2.75) is 18.7 Å². The van der Waals surface area contributed by atoms with Crippen LogP contribution in [-0.2, 0) is 11.8 Å². The van der Waals surface area contributed by atoms with E-state index in [0.29, 0.717) is 5.88 Å². The van der Waals surface area contributed by atoms with E-state index in [9.17, 15) is 0 Å². The van der Waals surface area contributed by atoms with Crippen LogP contribution >= 0.6 is 15.9 Å². The Hall–Kier alpha value is -1.35. The summed E-state index contributed by atoms with van der Waals surface area (Å²) >= 11 is 3.39. The highest BCUT2D eigenvalue weighted by Gasteiger charge is 1.99. The maximum absolute atomic E-state index is 5.69. The number of halogens is 1. The summed E-state index contributed by atoms with van der Waals surface area (Å²) < 4.78 is 5.69. The van der Waals surface area contributed by atoms with Crippen molar-refractivity contribution in [2.24, 2.45) is 0 Å². The molecule has 0 amide bonds. The average Bonchev–Trinajstić information content (AvgIpc) is 2.40. The number of pyridine rings is 1. The molecule has 0 radical (unpaired) electrons. The molecule has 0 spiro atoms. The van der Waals surface area contributed by atoms with Crippen LogP contribution in [0.3, 0.4) is 0 Å². The molecular weight excluding hydrogens is 278 g/mol. The van der Waals surface area contributed by atoms with Crippen LogP contribution in [0.25, 0.3) is 0 Å². The van der Waals surface area contributed by atoms with E-state index in [-0.39, 0.29) is 0 Å². The molecule has 2 nitrogen and oxygen atoms in total. The molecule has 0 saturated heterocycles. The molecule has 0 bridgehead atoms. The van der Waals surface area contributed by atoms with Gasteiger partial charge in [0.2, 0.25) is 5.88 Å². The van der Waals surface area contributed by atoms with E-state index >= 15 is 0 Å². The fourth-order valence-electron chi connectivity index (χ4n) is 1.50. The summed E-state index contributed by atoms with van der Waals surface area (Å²) in [6, 6.07) is 12.0. The average molecular weight is 292 g/mol. The highest BCUT2D eigenvalue weighted by Crippen LogP contribution is 2.21. The number of hydrogen-bond donors (Lipinski definition) is 0. The molecule has 1 heterocycles. The number of hydrogen-bond acceptors (Lipinski definition) is 2. The lowest BCUT2D eigenvalue weighted by atomic mass is 10.2. The molecule has 1 aromatic heterocycles. The minimum absolute atomic E-state index is 0.628. The second kappa shape index (κ2) is 5.82. The summed E-state index contributed by atoms with van der Waals surface area (Å²) in [5.41, 5.74) is 2.40. The largest absolute Gasteiger partial charge is 0.439 e. The lowest BCUT2D eigenvalue weighted by Crippen LogP contribution is -1.89. The third-order valence-electron chi connectivity index (χ3n) is 2.48. The van der Waals surface area contributed by atoms with Crippen LogP contribution in [0.2, 0.25) is 0 Å². The van der Waals surface area contributed by atoms with Gasteiger partial charge in [-0.1, -0.05) is 41.1 Å². The molecule has 88 valence electrons. The quantitative estimate of drug-likeness (QED) is 0.782. The summed E-state index contributed by atoms with van der Waals surface area (Å²) in [4.78, 5) is 4.25. The van der Waals surface area contributed by atoms with Gasteiger partial charge in [0, 0.05) is 17.6 Å². The van der Waals surface area contributed by atoms with E-state index in [2.05, 4.69) is 33.9 Å². The van der Waals surface area contributed by atoms with Gasteiger partial charge in [-0.2, -0.15) is 0 Å². The highest BCUT2D eigenvalue weighted by molar-refractivity contribution is 9.08. The number of aryl methyl sites for hydroxylation is 1. The van der Waals surface area contributed by atoms with E-state index in [0.717, 1.165) is 23.1 Å². The molecule has 0 aliphatic heterocycles. The fraction of sp³-hybridized carbons (Fsp3) is 0.214. The second-order valence-electron chi connectivity index (χ2n) is 3.74. The summed E-state index contributed by atoms with van der Waals surface area (Å²) in [5, 5.41) is 0.811. The highest BCUT2D eigenvalue weighted by atomic mass is 79.9. The Balaban J connectivity index is 2.13. The molecule has 0 atom stereocenters. The fourth-order valence-corrected chi connectivity index (χ4v) is 1.83. The van der Waals surface area contributed by atoms with E-state index in [1.807, 2.05) is 36.5 Å². The van der Waals surface area contributed by atoms with Crippen molar-refractivity contribution < 1.29 is 4.74 Å². The van der Waals surface area contributed by atoms with Gasteiger partial charge in [0.15, 0.2) is 0 Å². The van der Waals surface area contributed by atoms with Gasteiger partial charge in [0.1, 0.15) is 5.75 Å². The molecule has 0 aliphatic rings. The van der Waals surface area contributed by atoms with Crippen molar-refractivity contribution in [3.05, 3.63) is 53.7 Å². The van der Waals surface area contributed by atoms with Crippen LogP contribution in [0.15, 0.2) is 42.6 Å². The number of rotatable bonds is 4. The van der Waals surface area contributed by atoms with Crippen LogP contribution in [0.5, 0.6) is 11.6 Å². The minimum atomic E-state index is 0.628. The van der Waals surface area contributed by atoms with Crippen molar-refractivity contribution in [3.63, 3.8) is 0 Å². The lowest BCUT2D eigenvalue weighted by molar-refractivity contribution is 0.462. The zero-order valence-corrected chi connectivity index (χ0v) is 11.3. The smallest absolute Gasteiger partial charge is 0.219 e. The maximum Gasteiger partial charge on any atom is 0.219 e. The first-order valence-electron chi connectivity index (χ1n) is 5.59. The van der Waals surface area contributed by atoms with Gasteiger partial charge >= 0.3 is 0 Å². The van der Waals surface area contributed by atoms with Gasteiger partial charge in [-0.15, -0.1) is 0 Å². The number of aromatic nitrogens is 1. The van der Waals surface area contributed by atoms with Crippen molar-refractivity contribution in [3.8, 4) is 11.6 Å². The predicted molar refractivity (Wildman–Crippen MR) is 72.8 cm³/mol. The van der Waals surface area contributed by atoms with Gasteiger partial charge in [-0.3, -0.25) is 0 Å². The van der Waals surface area contributed by atoms with Gasteiger partial charge in [-0.05, 0) is 29.7 Å². The predicted octanol–water partition coefficient (Wildman–Crippen LogP) is 4.33. The van der Waals surface area contributed by atoms with Crippen LogP contribution in [0, 0.1) is 0 Å². The van der Waals surface area contributed by atoms with E-state index < -0.39 is 0 Å². The summed E-state index contributed by atoms with van der Waals surface area (Å²) in [7, 11) is 0. The molecule has 0 fully saturated rings. The third kappa shape index (κ3) is 3.30. The number of alkyl halides is 1. The standard InChI is InChI=1S/C14H14BrNO/c1-2-11-4-3-5-13(8-11)17-14-7-6-12(9-15)10-16-14/h3-8,10H,2,9H2,1H3. The van der Waals surface area contributed by atoms with Gasteiger partial charge in [0.25, 0.3) is 0 Å². The summed E-state index contributed by atoms with van der Waals surface area (Å²) in [6.45, 7) is 2.13. The van der Waals surface area contributed by atoms with Crippen molar-refractivity contribution >= 4 is 15.9 Å². The molecule has 2 aromatic rings. The van der Waals surface area contributed by atoms with Gasteiger partial charge in [0.05, 0.1) is 0 Å². The zero-order valence-electron chi connectivity index (χ0n) is 9.69. The molecule has 0 N–H and O–H groups in total. The SMILES string of the molecule is CCc1cccc(Oc2ccc(CBr)cn2)c1. The number of ether oxygens (including phenoxy) is 1. The molecular formula is C14H14BrNO. The molecule has 0 unspecified atom stereocenters. The first-order chi connectivity index (χ1) is 8.31. The zero-order chi connectivity index (χ0) is 12.1. The monoisotopic (exact) mass is 291 g/mol. The Morgan fingerprint density at radius 2 is 2.06 bits per heavy atom. The Morgan fingerprint density at radius 3 is 2.71 bits per heavy atom. The second-order valence-corrected chi connectivity index (χ2v) is 4.30. The molecule has 17 heavy (non-hydrogen) atoms. The van der Waals surface area contributed by atoms with Crippen LogP contribution < -0.4 is 4.74 Å². The van der Waals surface area contributed by atoms with Crippen LogP contribution in [0.1, 0.15) is 18.1 Å². The Bertz CT molecular complexity index is 482. The van der Waals surface area contributed by atoms with Gasteiger partial charge < -0.3 is 4.74 Å². The lowest BCUT2D eigenvalue weighted by Gasteiger charge is -2.06. The van der Waals surface area contributed by atoms with E-state index in [1.165, 1.54) is 5.56 Å². The normalized spacial score (nSPS) is 10.2.